The lowest BCUT2D eigenvalue weighted by Gasteiger charge is -2.19. The Balaban J connectivity index is 2.29. The second kappa shape index (κ2) is 6.10. The third-order valence-corrected chi connectivity index (χ3v) is 5.59. The molecule has 0 aromatic heterocycles. The van der Waals surface area contributed by atoms with Crippen LogP contribution in [0, 0.1) is 17.2 Å². The molecular weight excluding hydrogens is 298 g/mol. The Morgan fingerprint density at radius 3 is 2.85 bits per heavy atom. The summed E-state index contributed by atoms with van der Waals surface area (Å²) < 4.78 is 27.4. The van der Waals surface area contributed by atoms with E-state index in [1.807, 2.05) is 6.07 Å². The van der Waals surface area contributed by atoms with Crippen LogP contribution in [0.25, 0.3) is 0 Å². The molecule has 108 valence electrons. The molecule has 7 heteroatoms. The molecule has 1 aromatic carbocycles. The van der Waals surface area contributed by atoms with E-state index in [9.17, 15) is 8.42 Å². The van der Waals surface area contributed by atoms with Gasteiger partial charge in [0.25, 0.3) is 0 Å². The van der Waals surface area contributed by atoms with Crippen molar-refractivity contribution in [2.24, 2.45) is 11.7 Å². The van der Waals surface area contributed by atoms with Crippen molar-refractivity contribution < 1.29 is 8.42 Å². The highest BCUT2D eigenvalue weighted by atomic mass is 35.5. The molecule has 0 saturated heterocycles. The Kier molecular flexibility index (Phi) is 4.66. The summed E-state index contributed by atoms with van der Waals surface area (Å²) in [6, 6.07) is 5.94. The van der Waals surface area contributed by atoms with Crippen molar-refractivity contribution in [3.05, 3.63) is 28.8 Å². The van der Waals surface area contributed by atoms with Gasteiger partial charge < -0.3 is 5.73 Å². The number of halogens is 1. The fourth-order valence-corrected chi connectivity index (χ4v) is 4.38. The number of hydrogen-bond acceptors (Lipinski definition) is 4. The van der Waals surface area contributed by atoms with Crippen molar-refractivity contribution in [2.45, 2.75) is 30.2 Å². The smallest absolute Gasteiger partial charge is 0.242 e. The van der Waals surface area contributed by atoms with Gasteiger partial charge in [0.2, 0.25) is 10.0 Å². The minimum atomic E-state index is -3.74. The predicted octanol–water partition coefficient (Wildman–Crippen LogP) is 1.62. The van der Waals surface area contributed by atoms with E-state index < -0.39 is 10.0 Å². The van der Waals surface area contributed by atoms with E-state index in [4.69, 9.17) is 22.6 Å². The van der Waals surface area contributed by atoms with Crippen molar-refractivity contribution in [1.82, 2.24) is 4.72 Å². The van der Waals surface area contributed by atoms with Gasteiger partial charge in [-0.05, 0) is 43.5 Å². The first-order valence-corrected chi connectivity index (χ1v) is 8.26. The third kappa shape index (κ3) is 3.13. The first-order chi connectivity index (χ1) is 9.47. The van der Waals surface area contributed by atoms with Crippen LogP contribution >= 0.6 is 11.6 Å². The monoisotopic (exact) mass is 313 g/mol. The Labute approximate surface area is 123 Å². The Morgan fingerprint density at radius 1 is 1.45 bits per heavy atom. The van der Waals surface area contributed by atoms with Gasteiger partial charge in [-0.2, -0.15) is 5.26 Å². The zero-order valence-electron chi connectivity index (χ0n) is 10.8. The molecule has 2 rings (SSSR count). The molecule has 1 aromatic rings. The lowest BCUT2D eigenvalue weighted by atomic mass is 10.1. The van der Waals surface area contributed by atoms with Crippen LogP contribution in [0.15, 0.2) is 23.1 Å². The number of hydrogen-bond donors (Lipinski definition) is 2. The molecule has 0 spiro atoms. The second-order valence-electron chi connectivity index (χ2n) is 4.91. The summed E-state index contributed by atoms with van der Waals surface area (Å²) in [5.74, 6) is 0.155. The molecule has 0 aliphatic heterocycles. The summed E-state index contributed by atoms with van der Waals surface area (Å²) in [5, 5.41) is 8.97. The average Bonchev–Trinajstić information content (AvgIpc) is 2.85. The van der Waals surface area contributed by atoms with Gasteiger partial charge in [-0.3, -0.25) is 0 Å². The number of nitrogens with one attached hydrogen (secondary N) is 1. The molecule has 2 unspecified atom stereocenters. The molecule has 5 nitrogen and oxygen atoms in total. The highest BCUT2D eigenvalue weighted by Gasteiger charge is 2.31. The van der Waals surface area contributed by atoms with Crippen molar-refractivity contribution in [2.75, 3.05) is 6.54 Å². The summed E-state index contributed by atoms with van der Waals surface area (Å²) in [6.45, 7) is 0.457. The topological polar surface area (TPSA) is 96.0 Å². The normalized spacial score (nSPS) is 22.6. The molecule has 0 amide bonds. The largest absolute Gasteiger partial charge is 0.330 e. The van der Waals surface area contributed by atoms with Crippen LogP contribution in [0.2, 0.25) is 5.02 Å². The Hall–Kier alpha value is -1.13. The van der Waals surface area contributed by atoms with Crippen LogP contribution in [0.3, 0.4) is 0 Å². The van der Waals surface area contributed by atoms with Crippen molar-refractivity contribution in [1.29, 1.82) is 5.26 Å². The van der Waals surface area contributed by atoms with Gasteiger partial charge >= 0.3 is 0 Å². The van der Waals surface area contributed by atoms with Gasteiger partial charge in [-0.15, -0.1) is 0 Å². The molecule has 1 fully saturated rings. The molecule has 1 saturated carbocycles. The number of nitrogens with zero attached hydrogens (tertiary/aromatic N) is 1. The third-order valence-electron chi connectivity index (χ3n) is 3.62. The minimum Gasteiger partial charge on any atom is -0.330 e. The summed E-state index contributed by atoms with van der Waals surface area (Å²) in [6.07, 6.45) is 2.66. The van der Waals surface area contributed by atoms with Gasteiger partial charge in [0, 0.05) is 6.04 Å². The number of nitrogens with two attached hydrogens (primary N) is 1. The van der Waals surface area contributed by atoms with E-state index in [2.05, 4.69) is 4.72 Å². The van der Waals surface area contributed by atoms with Crippen LogP contribution in [-0.2, 0) is 10.0 Å². The van der Waals surface area contributed by atoms with Crippen LogP contribution in [0.5, 0.6) is 0 Å². The van der Waals surface area contributed by atoms with E-state index in [0.717, 1.165) is 19.3 Å². The lowest BCUT2D eigenvalue weighted by Crippen LogP contribution is -2.39. The van der Waals surface area contributed by atoms with Crippen LogP contribution < -0.4 is 10.5 Å². The molecule has 1 aliphatic carbocycles. The van der Waals surface area contributed by atoms with E-state index >= 15 is 0 Å². The summed E-state index contributed by atoms with van der Waals surface area (Å²) in [7, 11) is -3.74. The maximum Gasteiger partial charge on any atom is 0.242 e. The lowest BCUT2D eigenvalue weighted by molar-refractivity contribution is 0.453. The fourth-order valence-electron chi connectivity index (χ4n) is 2.52. The first kappa shape index (κ1) is 15.3. The van der Waals surface area contributed by atoms with E-state index in [1.54, 1.807) is 0 Å². The van der Waals surface area contributed by atoms with Crippen molar-refractivity contribution in [3.63, 3.8) is 0 Å². The summed E-state index contributed by atoms with van der Waals surface area (Å²) >= 11 is 5.94. The van der Waals surface area contributed by atoms with Crippen LogP contribution in [-0.4, -0.2) is 21.0 Å². The maximum atomic E-state index is 12.4. The van der Waals surface area contributed by atoms with E-state index in [0.29, 0.717) is 6.54 Å². The van der Waals surface area contributed by atoms with Gasteiger partial charge in [-0.1, -0.05) is 18.0 Å². The van der Waals surface area contributed by atoms with Crippen LogP contribution in [0.1, 0.15) is 24.8 Å². The van der Waals surface area contributed by atoms with Gasteiger partial charge in [0.05, 0.1) is 16.7 Å². The number of sulfonamides is 1. The summed E-state index contributed by atoms with van der Waals surface area (Å²) in [5.41, 5.74) is 5.91. The number of benzene rings is 1. The Morgan fingerprint density at radius 2 is 2.20 bits per heavy atom. The van der Waals surface area contributed by atoms with Crippen molar-refractivity contribution in [3.8, 4) is 6.07 Å². The quantitative estimate of drug-likeness (QED) is 0.882. The predicted molar refractivity (Wildman–Crippen MR) is 76.7 cm³/mol. The molecule has 1 aliphatic rings. The highest BCUT2D eigenvalue weighted by Crippen LogP contribution is 2.28. The fraction of sp³-hybridized carbons (Fsp3) is 0.462. The van der Waals surface area contributed by atoms with Crippen LogP contribution in [0.4, 0.5) is 0 Å². The number of nitriles is 1. The summed E-state index contributed by atoms with van der Waals surface area (Å²) in [4.78, 5) is -0.0547. The molecule has 0 bridgehead atoms. The molecular formula is C13H16ClN3O2S. The second-order valence-corrected chi connectivity index (χ2v) is 7.00. The number of rotatable bonds is 4. The van der Waals surface area contributed by atoms with Gasteiger partial charge in [0.15, 0.2) is 0 Å². The molecule has 2 atom stereocenters. The zero-order chi connectivity index (χ0) is 14.8. The first-order valence-electron chi connectivity index (χ1n) is 6.40. The molecule has 0 radical (unpaired) electrons. The maximum absolute atomic E-state index is 12.4. The standard InChI is InChI=1S/C13H16ClN3O2S/c14-11-5-4-9(7-15)6-13(11)20(18,19)17-12-3-1-2-10(12)8-16/h4-6,10,12,17H,1-3,8,16H2. The van der Waals surface area contributed by atoms with Crippen molar-refractivity contribution >= 4 is 21.6 Å². The highest BCUT2D eigenvalue weighted by molar-refractivity contribution is 7.89. The van der Waals surface area contributed by atoms with Gasteiger partial charge in [-0.25, -0.2) is 13.1 Å². The Bertz CT molecular complexity index is 640. The SMILES string of the molecule is N#Cc1ccc(Cl)c(S(=O)(=O)NC2CCCC2CN)c1. The zero-order valence-corrected chi connectivity index (χ0v) is 12.4. The van der Waals surface area contributed by atoms with Gasteiger partial charge in [0.1, 0.15) is 4.90 Å². The molecule has 20 heavy (non-hydrogen) atoms. The minimum absolute atomic E-state index is 0.0547. The molecule has 3 N–H and O–H groups in total. The van der Waals surface area contributed by atoms with E-state index in [1.165, 1.54) is 18.2 Å². The molecule has 0 heterocycles. The average molecular weight is 314 g/mol. The van der Waals surface area contributed by atoms with E-state index in [-0.39, 0.29) is 27.4 Å².